The summed E-state index contributed by atoms with van der Waals surface area (Å²) < 4.78 is 55.7. The standard InChI is InChI=1S/C27H36F2N6O4S/c1-18-15-23(32-25(30-18)35-13-9-27(28,29)10-14-35)31-24(37)21-4-3-20(40(38,39)33-19(2)17-36)16-22(21)34-11-7-26(5-6-26)8-12-34/h3-4,15-16,19,33,36H,5-14,17H2,1-2H3,(H,30,31,32,37). The zero-order chi connectivity index (χ0) is 28.7. The molecular formula is C27H36F2N6O4S. The minimum absolute atomic E-state index is 0.00752. The molecule has 5 rings (SSSR count). The highest BCUT2D eigenvalue weighted by atomic mass is 32.2. The van der Waals surface area contributed by atoms with E-state index in [-0.39, 0.29) is 49.2 Å². The summed E-state index contributed by atoms with van der Waals surface area (Å²) in [7, 11) is -3.92. The van der Waals surface area contributed by atoms with Gasteiger partial charge < -0.3 is 20.2 Å². The number of aryl methyl sites for hydroxylation is 1. The first-order chi connectivity index (χ1) is 18.9. The van der Waals surface area contributed by atoms with Gasteiger partial charge in [0, 0.05) is 56.8 Å². The lowest BCUT2D eigenvalue weighted by molar-refractivity contribution is -0.0222. The molecule has 1 aliphatic carbocycles. The number of rotatable bonds is 8. The van der Waals surface area contributed by atoms with Crippen LogP contribution in [0.5, 0.6) is 0 Å². The minimum Gasteiger partial charge on any atom is -0.395 e. The van der Waals surface area contributed by atoms with E-state index in [1.165, 1.54) is 31.0 Å². The quantitative estimate of drug-likeness (QED) is 0.436. The number of alkyl halides is 2. The van der Waals surface area contributed by atoms with Gasteiger partial charge in [0.05, 0.1) is 22.8 Å². The highest BCUT2D eigenvalue weighted by Crippen LogP contribution is 2.54. The molecule has 13 heteroatoms. The Bertz CT molecular complexity index is 1370. The molecule has 3 heterocycles. The number of anilines is 3. The molecule has 2 saturated heterocycles. The van der Waals surface area contributed by atoms with Crippen LogP contribution in [-0.2, 0) is 10.0 Å². The van der Waals surface area contributed by atoms with E-state index in [1.807, 2.05) is 0 Å². The van der Waals surface area contributed by atoms with Crippen LogP contribution in [0.25, 0.3) is 0 Å². The number of sulfonamides is 1. The van der Waals surface area contributed by atoms with E-state index in [0.717, 1.165) is 12.8 Å². The molecule has 1 aromatic heterocycles. The van der Waals surface area contributed by atoms with Crippen LogP contribution in [-0.4, -0.2) is 74.1 Å². The number of piperidine rings is 2. The number of amides is 1. The van der Waals surface area contributed by atoms with Crippen LogP contribution >= 0.6 is 0 Å². The van der Waals surface area contributed by atoms with E-state index in [4.69, 9.17) is 0 Å². The van der Waals surface area contributed by atoms with Crippen LogP contribution in [0.3, 0.4) is 0 Å². The van der Waals surface area contributed by atoms with Crippen molar-refractivity contribution >= 4 is 33.4 Å². The third kappa shape index (κ3) is 6.36. The Morgan fingerprint density at radius 1 is 1.02 bits per heavy atom. The smallest absolute Gasteiger partial charge is 0.258 e. The zero-order valence-electron chi connectivity index (χ0n) is 22.8. The van der Waals surface area contributed by atoms with E-state index in [9.17, 15) is 27.1 Å². The Hall–Kier alpha value is -2.90. The number of hydrogen-bond donors (Lipinski definition) is 3. The highest BCUT2D eigenvalue weighted by Gasteiger charge is 2.44. The number of carbonyl (C=O) groups excluding carboxylic acids is 1. The maximum atomic E-state index is 13.7. The summed E-state index contributed by atoms with van der Waals surface area (Å²) in [5.74, 6) is -2.65. The fourth-order valence-electron chi connectivity index (χ4n) is 5.38. The van der Waals surface area contributed by atoms with Crippen molar-refractivity contribution in [2.24, 2.45) is 5.41 Å². The number of nitrogens with zero attached hydrogens (tertiary/aromatic N) is 4. The van der Waals surface area contributed by atoms with Crippen molar-refractivity contribution in [1.82, 2.24) is 14.7 Å². The Balaban J connectivity index is 1.41. The number of carbonyl (C=O) groups is 1. The number of benzene rings is 1. The summed E-state index contributed by atoms with van der Waals surface area (Å²) >= 11 is 0. The lowest BCUT2D eigenvalue weighted by atomic mass is 9.93. The average molecular weight is 579 g/mol. The molecule has 1 saturated carbocycles. The third-order valence-electron chi connectivity index (χ3n) is 8.14. The first kappa shape index (κ1) is 28.6. The predicted molar refractivity (Wildman–Crippen MR) is 148 cm³/mol. The summed E-state index contributed by atoms with van der Waals surface area (Å²) in [6.45, 7) is 4.61. The van der Waals surface area contributed by atoms with Gasteiger partial charge in [0.1, 0.15) is 5.82 Å². The summed E-state index contributed by atoms with van der Waals surface area (Å²) in [6.07, 6.45) is 3.80. The highest BCUT2D eigenvalue weighted by molar-refractivity contribution is 7.89. The van der Waals surface area contributed by atoms with E-state index in [1.54, 1.807) is 24.8 Å². The molecule has 3 fully saturated rings. The van der Waals surface area contributed by atoms with Crippen molar-refractivity contribution in [3.63, 3.8) is 0 Å². The summed E-state index contributed by atoms with van der Waals surface area (Å²) in [5.41, 5.74) is 1.77. The van der Waals surface area contributed by atoms with Gasteiger partial charge in [-0.15, -0.1) is 0 Å². The van der Waals surface area contributed by atoms with Gasteiger partial charge in [-0.3, -0.25) is 4.79 Å². The number of aliphatic hydroxyl groups excluding tert-OH is 1. The number of halogens is 2. The predicted octanol–water partition coefficient (Wildman–Crippen LogP) is 3.31. The number of aliphatic hydroxyl groups is 1. The third-order valence-corrected chi connectivity index (χ3v) is 9.73. The molecule has 2 aliphatic heterocycles. The maximum Gasteiger partial charge on any atom is 0.258 e. The van der Waals surface area contributed by atoms with E-state index in [0.29, 0.717) is 35.4 Å². The Labute approximate surface area is 233 Å². The van der Waals surface area contributed by atoms with E-state index < -0.39 is 27.9 Å². The second kappa shape index (κ2) is 10.8. The molecule has 3 aliphatic rings. The van der Waals surface area contributed by atoms with Gasteiger partial charge in [-0.05, 0) is 63.1 Å². The SMILES string of the molecule is Cc1cc(NC(=O)c2ccc(S(=O)(=O)NC(C)CO)cc2N2CCC3(CC2)CC3)nc(N2CCC(F)(F)CC2)n1. The number of hydrogen-bond acceptors (Lipinski definition) is 8. The van der Waals surface area contributed by atoms with Crippen molar-refractivity contribution in [3.8, 4) is 0 Å². The number of nitrogens with one attached hydrogen (secondary N) is 2. The van der Waals surface area contributed by atoms with E-state index >= 15 is 0 Å². The zero-order valence-corrected chi connectivity index (χ0v) is 23.6. The van der Waals surface area contributed by atoms with Crippen LogP contribution in [0, 0.1) is 12.3 Å². The fraction of sp³-hybridized carbons (Fsp3) is 0.593. The van der Waals surface area contributed by atoms with Crippen molar-refractivity contribution in [3.05, 3.63) is 35.5 Å². The van der Waals surface area contributed by atoms with Crippen LogP contribution in [0.4, 0.5) is 26.2 Å². The summed E-state index contributed by atoms with van der Waals surface area (Å²) in [5, 5.41) is 12.1. The van der Waals surface area contributed by atoms with Gasteiger partial charge in [0.15, 0.2) is 0 Å². The first-order valence-electron chi connectivity index (χ1n) is 13.7. The summed E-state index contributed by atoms with van der Waals surface area (Å²) in [6, 6.07) is 5.32. The van der Waals surface area contributed by atoms with Gasteiger partial charge >= 0.3 is 0 Å². The van der Waals surface area contributed by atoms with Crippen molar-refractivity contribution in [1.29, 1.82) is 0 Å². The molecule has 1 aromatic carbocycles. The van der Waals surface area contributed by atoms with Crippen molar-refractivity contribution in [2.45, 2.75) is 69.2 Å². The van der Waals surface area contributed by atoms with Gasteiger partial charge in [0.2, 0.25) is 16.0 Å². The fourth-order valence-corrected chi connectivity index (χ4v) is 6.63. The number of aromatic nitrogens is 2. The normalized spacial score (nSPS) is 20.8. The molecule has 0 radical (unpaired) electrons. The second-order valence-electron chi connectivity index (χ2n) is 11.4. The molecule has 2 aromatic rings. The molecule has 10 nitrogen and oxygen atoms in total. The Morgan fingerprint density at radius 3 is 2.30 bits per heavy atom. The van der Waals surface area contributed by atoms with Gasteiger partial charge in [-0.1, -0.05) is 0 Å². The Kier molecular flexibility index (Phi) is 7.75. The first-order valence-corrected chi connectivity index (χ1v) is 15.2. The largest absolute Gasteiger partial charge is 0.395 e. The molecule has 218 valence electrons. The lowest BCUT2D eigenvalue weighted by Crippen LogP contribution is -2.40. The van der Waals surface area contributed by atoms with Crippen LogP contribution in [0.15, 0.2) is 29.2 Å². The monoisotopic (exact) mass is 578 g/mol. The molecular weight excluding hydrogens is 542 g/mol. The van der Waals surface area contributed by atoms with Gasteiger partial charge in [-0.2, -0.15) is 4.98 Å². The van der Waals surface area contributed by atoms with Gasteiger partial charge in [0.25, 0.3) is 11.8 Å². The van der Waals surface area contributed by atoms with Crippen LogP contribution in [0.2, 0.25) is 0 Å². The molecule has 1 unspecified atom stereocenters. The van der Waals surface area contributed by atoms with Crippen LogP contribution < -0.4 is 19.8 Å². The lowest BCUT2D eigenvalue weighted by Gasteiger charge is -2.35. The molecule has 1 spiro atoms. The molecule has 0 bridgehead atoms. The summed E-state index contributed by atoms with van der Waals surface area (Å²) in [4.78, 5) is 26.1. The maximum absolute atomic E-state index is 13.7. The van der Waals surface area contributed by atoms with Crippen molar-refractivity contribution in [2.75, 3.05) is 47.9 Å². The Morgan fingerprint density at radius 2 is 1.68 bits per heavy atom. The topological polar surface area (TPSA) is 128 Å². The van der Waals surface area contributed by atoms with E-state index in [2.05, 4.69) is 24.9 Å². The van der Waals surface area contributed by atoms with Gasteiger partial charge in [-0.25, -0.2) is 26.9 Å². The van der Waals surface area contributed by atoms with Crippen molar-refractivity contribution < 1.29 is 27.1 Å². The molecule has 1 amide bonds. The van der Waals surface area contributed by atoms with Crippen LogP contribution in [0.1, 0.15) is 61.5 Å². The molecule has 3 N–H and O–H groups in total. The average Bonchev–Trinajstić information content (AvgIpc) is 3.66. The molecule has 40 heavy (non-hydrogen) atoms. The minimum atomic E-state index is -3.92. The second-order valence-corrected chi connectivity index (χ2v) is 13.1. The molecule has 1 atom stereocenters.